The number of carbonyl (C=O) groups is 2. The number of likely N-dealkylation sites (N-methyl/N-ethyl adjacent to an activating group) is 1. The van der Waals surface area contributed by atoms with Crippen molar-refractivity contribution in [3.8, 4) is 0 Å². The van der Waals surface area contributed by atoms with E-state index in [9.17, 15) is 18.0 Å². The van der Waals surface area contributed by atoms with E-state index in [1.807, 2.05) is 4.90 Å². The molecule has 1 fully saturated rings. The van der Waals surface area contributed by atoms with Gasteiger partial charge in [0.2, 0.25) is 0 Å². The van der Waals surface area contributed by atoms with Crippen molar-refractivity contribution in [2.24, 2.45) is 10.3 Å². The number of benzene rings is 1. The van der Waals surface area contributed by atoms with Gasteiger partial charge in [-0.2, -0.15) is 8.42 Å². The van der Waals surface area contributed by atoms with Gasteiger partial charge in [-0.05, 0) is 38.8 Å². The van der Waals surface area contributed by atoms with E-state index in [-0.39, 0.29) is 10.8 Å². The summed E-state index contributed by atoms with van der Waals surface area (Å²) < 4.78 is 33.7. The molecule has 1 aromatic carbocycles. The lowest BCUT2D eigenvalue weighted by molar-refractivity contribution is -0.159. The minimum absolute atomic E-state index is 0.189. The molecule has 0 unspecified atom stereocenters. The van der Waals surface area contributed by atoms with Gasteiger partial charge in [0.25, 0.3) is 15.9 Å². The largest absolute Gasteiger partial charge is 0.452 e. The van der Waals surface area contributed by atoms with Gasteiger partial charge in [-0.25, -0.2) is 0 Å². The molecule has 2 heterocycles. The first-order chi connectivity index (χ1) is 12.8. The number of ether oxygens (including phenoxy) is 1. The Hall–Kier alpha value is -2.42. The van der Waals surface area contributed by atoms with Gasteiger partial charge in [-0.3, -0.25) is 9.59 Å². The molecule has 3 rings (SSSR count). The van der Waals surface area contributed by atoms with Gasteiger partial charge in [0.05, 0.1) is 5.92 Å². The minimum atomic E-state index is -3.70. The number of carbonyl (C=O) groups excluding carboxylic acids is 2. The quantitative estimate of drug-likeness (QED) is 0.763. The van der Waals surface area contributed by atoms with Crippen LogP contribution in [0, 0.1) is 5.92 Å². The number of fused-ring (bicyclic) bond motifs is 1. The Bertz CT molecular complexity index is 881. The lowest BCUT2D eigenvalue weighted by atomic mass is 9.97. The molecule has 27 heavy (non-hydrogen) atoms. The second-order valence-electron chi connectivity index (χ2n) is 6.64. The number of sulfonamides is 1. The zero-order chi connectivity index (χ0) is 19.6. The fourth-order valence-corrected chi connectivity index (χ4v) is 4.55. The van der Waals surface area contributed by atoms with E-state index in [2.05, 4.69) is 9.71 Å². The average Bonchev–Trinajstić information content (AvgIpc) is 2.93. The summed E-state index contributed by atoms with van der Waals surface area (Å²) in [5.74, 6) is -0.847. The molecule has 1 aromatic rings. The smallest absolute Gasteiger partial charge is 0.311 e. The molecular weight excluding hydrogens is 370 g/mol. The van der Waals surface area contributed by atoms with E-state index in [0.29, 0.717) is 43.9 Å². The number of rotatable bonds is 4. The van der Waals surface area contributed by atoms with Crippen LogP contribution in [0.15, 0.2) is 33.6 Å². The Morgan fingerprint density at radius 1 is 1.37 bits per heavy atom. The van der Waals surface area contributed by atoms with E-state index in [0.717, 1.165) is 0 Å². The normalized spacial score (nSPS) is 21.8. The van der Waals surface area contributed by atoms with Gasteiger partial charge in [-0.1, -0.05) is 12.1 Å². The van der Waals surface area contributed by atoms with Crippen LogP contribution in [0.1, 0.15) is 32.3 Å². The van der Waals surface area contributed by atoms with Crippen molar-refractivity contribution in [3.63, 3.8) is 0 Å². The molecule has 0 aliphatic carbocycles. The van der Waals surface area contributed by atoms with Gasteiger partial charge < -0.3 is 15.0 Å². The molecule has 0 spiro atoms. The van der Waals surface area contributed by atoms with Crippen molar-refractivity contribution in [3.05, 3.63) is 29.8 Å². The monoisotopic (exact) mass is 393 g/mol. The second-order valence-corrected chi connectivity index (χ2v) is 8.22. The number of amides is 1. The molecule has 2 aliphatic rings. The van der Waals surface area contributed by atoms with E-state index >= 15 is 0 Å². The third kappa shape index (κ3) is 3.97. The van der Waals surface area contributed by atoms with E-state index in [1.54, 1.807) is 25.1 Å². The summed E-state index contributed by atoms with van der Waals surface area (Å²) in [5.41, 5.74) is 0.558. The number of esters is 1. The van der Waals surface area contributed by atoms with Gasteiger partial charge in [0, 0.05) is 25.2 Å². The summed E-state index contributed by atoms with van der Waals surface area (Å²) in [6.45, 7) is 4.71. The van der Waals surface area contributed by atoms with Gasteiger partial charge >= 0.3 is 5.97 Å². The van der Waals surface area contributed by atoms with Crippen LogP contribution in [-0.2, 0) is 24.3 Å². The van der Waals surface area contributed by atoms with Crippen molar-refractivity contribution in [2.45, 2.75) is 37.7 Å². The van der Waals surface area contributed by atoms with E-state index in [1.165, 1.54) is 13.0 Å². The Morgan fingerprint density at radius 3 is 2.85 bits per heavy atom. The highest BCUT2D eigenvalue weighted by Gasteiger charge is 2.36. The highest BCUT2D eigenvalue weighted by atomic mass is 32.2. The summed E-state index contributed by atoms with van der Waals surface area (Å²) in [5, 5.41) is 2.61. The zero-order valence-electron chi connectivity index (χ0n) is 15.3. The first kappa shape index (κ1) is 19.3. The van der Waals surface area contributed by atoms with Crippen LogP contribution in [0.2, 0.25) is 0 Å². The summed E-state index contributed by atoms with van der Waals surface area (Å²) in [4.78, 5) is 26.2. The van der Waals surface area contributed by atoms with Crippen molar-refractivity contribution < 1.29 is 22.7 Å². The summed E-state index contributed by atoms with van der Waals surface area (Å²) >= 11 is 0. The third-order valence-corrected chi connectivity index (χ3v) is 6.01. The van der Waals surface area contributed by atoms with Crippen molar-refractivity contribution in [1.29, 1.82) is 0 Å². The molecule has 0 bridgehead atoms. The standard InChI is InChI=1S/C18H23N3O5S/c1-3-19-17(22)12(2)26-18(23)13-7-6-10-21(11-13)16-14-8-4-5-9-15(14)27(24,25)20-16/h4-5,8-9,12-13H,3,6-7,10-11H2,1-2H3,(H,19,22)/t12-,13+/m1/s1. The van der Waals surface area contributed by atoms with Crippen LogP contribution in [0.25, 0.3) is 0 Å². The summed E-state index contributed by atoms with van der Waals surface area (Å²) in [6.07, 6.45) is 0.466. The highest BCUT2D eigenvalue weighted by Crippen LogP contribution is 2.30. The number of nitrogens with zero attached hydrogens (tertiary/aromatic N) is 2. The Kier molecular flexibility index (Phi) is 5.50. The molecule has 0 aromatic heterocycles. The SMILES string of the molecule is CCNC(=O)[C@@H](C)OC(=O)[C@H]1CCCN(C2=NS(=O)(=O)c3ccccc32)C1. The number of hydrogen-bond donors (Lipinski definition) is 1. The average molecular weight is 393 g/mol. The topological polar surface area (TPSA) is 105 Å². The fraction of sp³-hybridized carbons (Fsp3) is 0.500. The van der Waals surface area contributed by atoms with Gasteiger partial charge in [0.15, 0.2) is 11.9 Å². The predicted octanol–water partition coefficient (Wildman–Crippen LogP) is 0.915. The van der Waals surface area contributed by atoms with Crippen molar-refractivity contribution in [2.75, 3.05) is 19.6 Å². The van der Waals surface area contributed by atoms with Gasteiger partial charge in [0.1, 0.15) is 4.90 Å². The van der Waals surface area contributed by atoms with Crippen molar-refractivity contribution >= 4 is 27.7 Å². The van der Waals surface area contributed by atoms with E-state index < -0.39 is 28.0 Å². The molecule has 1 saturated heterocycles. The van der Waals surface area contributed by atoms with Crippen LogP contribution in [0.5, 0.6) is 0 Å². The lowest BCUT2D eigenvalue weighted by Gasteiger charge is -2.33. The fourth-order valence-electron chi connectivity index (χ4n) is 3.32. The molecule has 146 valence electrons. The Morgan fingerprint density at radius 2 is 2.11 bits per heavy atom. The number of likely N-dealkylation sites (tertiary alicyclic amines) is 1. The minimum Gasteiger partial charge on any atom is -0.452 e. The zero-order valence-corrected chi connectivity index (χ0v) is 16.2. The maximum Gasteiger partial charge on any atom is 0.311 e. The Labute approximate surface area is 158 Å². The molecule has 1 N–H and O–H groups in total. The highest BCUT2D eigenvalue weighted by molar-refractivity contribution is 7.90. The molecule has 2 aliphatic heterocycles. The van der Waals surface area contributed by atoms with Crippen LogP contribution in [0.3, 0.4) is 0 Å². The van der Waals surface area contributed by atoms with Crippen LogP contribution in [0.4, 0.5) is 0 Å². The molecule has 8 nitrogen and oxygen atoms in total. The number of hydrogen-bond acceptors (Lipinski definition) is 6. The van der Waals surface area contributed by atoms with E-state index in [4.69, 9.17) is 4.74 Å². The predicted molar refractivity (Wildman–Crippen MR) is 98.7 cm³/mol. The molecule has 0 saturated carbocycles. The lowest BCUT2D eigenvalue weighted by Crippen LogP contribution is -2.44. The van der Waals surface area contributed by atoms with Crippen molar-refractivity contribution in [1.82, 2.24) is 10.2 Å². The third-order valence-electron chi connectivity index (χ3n) is 4.68. The first-order valence-corrected chi connectivity index (χ1v) is 10.4. The molecular formula is C18H23N3O5S. The Balaban J connectivity index is 1.72. The van der Waals surface area contributed by atoms with Crippen LogP contribution in [-0.4, -0.2) is 56.8 Å². The second kappa shape index (κ2) is 7.67. The summed E-state index contributed by atoms with van der Waals surface area (Å²) in [7, 11) is -3.70. The molecule has 0 radical (unpaired) electrons. The number of amidine groups is 1. The molecule has 9 heteroatoms. The van der Waals surface area contributed by atoms with Crippen LogP contribution >= 0.6 is 0 Å². The molecule has 2 atom stereocenters. The summed E-state index contributed by atoms with van der Waals surface area (Å²) in [6, 6.07) is 6.68. The maximum absolute atomic E-state index is 12.5. The number of piperidine rings is 1. The first-order valence-electron chi connectivity index (χ1n) is 9.01. The number of nitrogens with one attached hydrogen (secondary N) is 1. The molecule has 1 amide bonds. The van der Waals surface area contributed by atoms with Crippen LogP contribution < -0.4 is 5.32 Å². The van der Waals surface area contributed by atoms with Gasteiger partial charge in [-0.15, -0.1) is 4.40 Å². The maximum atomic E-state index is 12.5.